The predicted octanol–water partition coefficient (Wildman–Crippen LogP) is 2.86. The fraction of sp³-hybridized carbons (Fsp3) is 0.250. The van der Waals surface area contributed by atoms with Gasteiger partial charge in [-0.1, -0.05) is 24.3 Å². The average Bonchev–Trinajstić information content (AvgIpc) is 2.23. The molecule has 0 aliphatic rings. The van der Waals surface area contributed by atoms with E-state index < -0.39 is 0 Å². The lowest BCUT2D eigenvalue weighted by molar-refractivity contribution is 0.394. The highest BCUT2D eigenvalue weighted by atomic mass is 16.5. The number of nitrogens with zero attached hydrogens (tertiary/aromatic N) is 1. The summed E-state index contributed by atoms with van der Waals surface area (Å²) in [5.74, 6) is 0.723. The molecule has 0 N–H and O–H groups in total. The van der Waals surface area contributed by atoms with Gasteiger partial charge in [-0.15, -0.1) is 0 Å². The zero-order valence-electron chi connectivity index (χ0n) is 8.66. The number of rotatable bonds is 1. The van der Waals surface area contributed by atoms with E-state index in [0.717, 1.165) is 17.1 Å². The molecule has 2 rings (SSSR count). The largest absolute Gasteiger partial charge is 0.481 e. The molecule has 1 aromatic heterocycles. The van der Waals surface area contributed by atoms with Gasteiger partial charge in [0.05, 0.1) is 7.11 Å². The first kappa shape index (κ1) is 9.00. The van der Waals surface area contributed by atoms with Crippen LogP contribution in [0.5, 0.6) is 5.88 Å². The fourth-order valence-corrected chi connectivity index (χ4v) is 1.74. The second-order valence-corrected chi connectivity index (χ2v) is 3.38. The van der Waals surface area contributed by atoms with E-state index >= 15 is 0 Å². The summed E-state index contributed by atoms with van der Waals surface area (Å²) in [4.78, 5) is 4.40. The topological polar surface area (TPSA) is 22.1 Å². The molecule has 0 amide bonds. The van der Waals surface area contributed by atoms with E-state index in [1.165, 1.54) is 10.8 Å². The third kappa shape index (κ3) is 1.23. The van der Waals surface area contributed by atoms with Crippen LogP contribution in [0.15, 0.2) is 24.3 Å². The SMILES string of the molecule is COc1nc(C)c2ccccc2c1C. The monoisotopic (exact) mass is 187 g/mol. The standard InChI is InChI=1S/C12H13NO/c1-8-10-6-4-5-7-11(10)9(2)13-12(8)14-3/h4-7H,1-3H3. The molecule has 1 heterocycles. The summed E-state index contributed by atoms with van der Waals surface area (Å²) in [6, 6.07) is 8.25. The summed E-state index contributed by atoms with van der Waals surface area (Å²) >= 11 is 0. The van der Waals surface area contributed by atoms with E-state index in [0.29, 0.717) is 0 Å². The van der Waals surface area contributed by atoms with Crippen LogP contribution in [-0.2, 0) is 0 Å². The lowest BCUT2D eigenvalue weighted by atomic mass is 10.1. The van der Waals surface area contributed by atoms with Crippen molar-refractivity contribution in [2.45, 2.75) is 13.8 Å². The van der Waals surface area contributed by atoms with Gasteiger partial charge < -0.3 is 4.74 Å². The first-order valence-corrected chi connectivity index (χ1v) is 4.64. The van der Waals surface area contributed by atoms with Crippen LogP contribution in [-0.4, -0.2) is 12.1 Å². The molecule has 0 fully saturated rings. The number of hydrogen-bond donors (Lipinski definition) is 0. The Bertz CT molecular complexity index is 477. The first-order chi connectivity index (χ1) is 6.74. The molecule has 0 atom stereocenters. The Morgan fingerprint density at radius 3 is 2.36 bits per heavy atom. The zero-order chi connectivity index (χ0) is 10.1. The number of methoxy groups -OCH3 is 1. The van der Waals surface area contributed by atoms with Gasteiger partial charge in [0.2, 0.25) is 5.88 Å². The summed E-state index contributed by atoms with van der Waals surface area (Å²) in [5.41, 5.74) is 2.12. The number of benzene rings is 1. The van der Waals surface area contributed by atoms with Gasteiger partial charge in [0, 0.05) is 16.6 Å². The van der Waals surface area contributed by atoms with Crippen molar-refractivity contribution in [2.75, 3.05) is 7.11 Å². The second kappa shape index (κ2) is 3.29. The van der Waals surface area contributed by atoms with Crippen LogP contribution < -0.4 is 4.74 Å². The number of aryl methyl sites for hydroxylation is 2. The third-order valence-corrected chi connectivity index (χ3v) is 2.50. The van der Waals surface area contributed by atoms with Crippen molar-refractivity contribution in [3.05, 3.63) is 35.5 Å². The molecule has 1 aromatic carbocycles. The van der Waals surface area contributed by atoms with Crippen LogP contribution >= 0.6 is 0 Å². The van der Waals surface area contributed by atoms with E-state index in [2.05, 4.69) is 17.1 Å². The zero-order valence-corrected chi connectivity index (χ0v) is 8.66. The van der Waals surface area contributed by atoms with Gasteiger partial charge >= 0.3 is 0 Å². The Hall–Kier alpha value is -1.57. The Morgan fingerprint density at radius 1 is 1.07 bits per heavy atom. The highest BCUT2D eigenvalue weighted by Crippen LogP contribution is 2.26. The number of hydrogen-bond acceptors (Lipinski definition) is 2. The molecule has 0 saturated heterocycles. The molecule has 14 heavy (non-hydrogen) atoms. The lowest BCUT2D eigenvalue weighted by Gasteiger charge is -2.09. The molecular formula is C12H13NO. The molecule has 2 nitrogen and oxygen atoms in total. The molecule has 0 aliphatic heterocycles. The quantitative estimate of drug-likeness (QED) is 0.684. The van der Waals surface area contributed by atoms with Crippen LogP contribution in [0.3, 0.4) is 0 Å². The smallest absolute Gasteiger partial charge is 0.216 e. The summed E-state index contributed by atoms with van der Waals surface area (Å²) < 4.78 is 5.22. The average molecular weight is 187 g/mol. The maximum atomic E-state index is 5.22. The van der Waals surface area contributed by atoms with Crippen molar-refractivity contribution < 1.29 is 4.74 Å². The molecule has 0 aliphatic carbocycles. The third-order valence-electron chi connectivity index (χ3n) is 2.50. The molecule has 0 spiro atoms. The van der Waals surface area contributed by atoms with E-state index in [1.54, 1.807) is 7.11 Å². The Balaban J connectivity index is 2.87. The van der Waals surface area contributed by atoms with Gasteiger partial charge in [-0.25, -0.2) is 4.98 Å². The number of aromatic nitrogens is 1. The highest BCUT2D eigenvalue weighted by Gasteiger charge is 2.07. The number of pyridine rings is 1. The summed E-state index contributed by atoms with van der Waals surface area (Å²) in [5, 5.41) is 2.42. The molecule has 2 aromatic rings. The normalized spacial score (nSPS) is 10.5. The van der Waals surface area contributed by atoms with Crippen LogP contribution in [0.25, 0.3) is 10.8 Å². The minimum Gasteiger partial charge on any atom is -0.481 e. The minimum absolute atomic E-state index is 0.723. The van der Waals surface area contributed by atoms with Crippen molar-refractivity contribution in [1.82, 2.24) is 4.98 Å². The van der Waals surface area contributed by atoms with Crippen molar-refractivity contribution in [3.8, 4) is 5.88 Å². The van der Waals surface area contributed by atoms with Crippen LogP contribution in [0.4, 0.5) is 0 Å². The van der Waals surface area contributed by atoms with Crippen LogP contribution in [0, 0.1) is 13.8 Å². The van der Waals surface area contributed by atoms with Gasteiger partial charge in [-0.05, 0) is 19.2 Å². The van der Waals surface area contributed by atoms with Gasteiger partial charge in [0.15, 0.2) is 0 Å². The van der Waals surface area contributed by atoms with Gasteiger partial charge in [0.25, 0.3) is 0 Å². The Labute approximate surface area is 83.5 Å². The van der Waals surface area contributed by atoms with Crippen molar-refractivity contribution in [3.63, 3.8) is 0 Å². The van der Waals surface area contributed by atoms with Gasteiger partial charge in [-0.3, -0.25) is 0 Å². The van der Waals surface area contributed by atoms with E-state index in [9.17, 15) is 0 Å². The van der Waals surface area contributed by atoms with Crippen LogP contribution in [0.1, 0.15) is 11.3 Å². The minimum atomic E-state index is 0.723. The Kier molecular flexibility index (Phi) is 2.12. The van der Waals surface area contributed by atoms with E-state index in [4.69, 9.17) is 4.74 Å². The first-order valence-electron chi connectivity index (χ1n) is 4.64. The Morgan fingerprint density at radius 2 is 1.71 bits per heavy atom. The predicted molar refractivity (Wildman–Crippen MR) is 57.8 cm³/mol. The summed E-state index contributed by atoms with van der Waals surface area (Å²) in [6.45, 7) is 4.04. The van der Waals surface area contributed by atoms with Crippen LogP contribution in [0.2, 0.25) is 0 Å². The lowest BCUT2D eigenvalue weighted by Crippen LogP contribution is -1.95. The number of fused-ring (bicyclic) bond motifs is 1. The van der Waals surface area contributed by atoms with Gasteiger partial charge in [0.1, 0.15) is 0 Å². The van der Waals surface area contributed by atoms with Crippen molar-refractivity contribution in [2.24, 2.45) is 0 Å². The van der Waals surface area contributed by atoms with Gasteiger partial charge in [-0.2, -0.15) is 0 Å². The van der Waals surface area contributed by atoms with Crippen molar-refractivity contribution in [1.29, 1.82) is 0 Å². The maximum Gasteiger partial charge on any atom is 0.216 e. The fourth-order valence-electron chi connectivity index (χ4n) is 1.74. The molecule has 0 unspecified atom stereocenters. The highest BCUT2D eigenvalue weighted by molar-refractivity contribution is 5.88. The summed E-state index contributed by atoms with van der Waals surface area (Å²) in [6.07, 6.45) is 0. The molecular weight excluding hydrogens is 174 g/mol. The molecule has 72 valence electrons. The molecule has 2 heteroatoms. The molecule has 0 bridgehead atoms. The molecule has 0 radical (unpaired) electrons. The second-order valence-electron chi connectivity index (χ2n) is 3.38. The number of ether oxygens (including phenoxy) is 1. The summed E-state index contributed by atoms with van der Waals surface area (Å²) in [7, 11) is 1.66. The molecule has 0 saturated carbocycles. The maximum absolute atomic E-state index is 5.22. The van der Waals surface area contributed by atoms with E-state index in [-0.39, 0.29) is 0 Å². The van der Waals surface area contributed by atoms with E-state index in [1.807, 2.05) is 26.0 Å². The van der Waals surface area contributed by atoms with Crippen molar-refractivity contribution >= 4 is 10.8 Å².